The highest BCUT2D eigenvalue weighted by Crippen LogP contribution is 2.55. The molecule has 3 fully saturated rings. The minimum Gasteiger partial charge on any atom is -0.453 e. The van der Waals surface area contributed by atoms with Crippen molar-refractivity contribution in [2.24, 2.45) is 5.92 Å². The van der Waals surface area contributed by atoms with Crippen molar-refractivity contribution in [2.45, 2.75) is 121 Å². The summed E-state index contributed by atoms with van der Waals surface area (Å²) in [5, 5.41) is 5.37. The molecule has 4 aromatic rings. The van der Waals surface area contributed by atoms with Crippen LogP contribution >= 0.6 is 0 Å². The summed E-state index contributed by atoms with van der Waals surface area (Å²) in [6.07, 6.45) is 12.6. The molecule has 0 spiro atoms. The van der Waals surface area contributed by atoms with Crippen LogP contribution in [0.5, 0.6) is 0 Å². The van der Waals surface area contributed by atoms with Crippen LogP contribution in [0.15, 0.2) is 48.8 Å². The highest BCUT2D eigenvalue weighted by atomic mass is 16.5. The van der Waals surface area contributed by atoms with Crippen molar-refractivity contribution in [3.8, 4) is 33.6 Å². The minimum atomic E-state index is -0.708. The second kappa shape index (κ2) is 17.5. The number of benzene rings is 2. The number of piperidine rings is 2. The van der Waals surface area contributed by atoms with Crippen molar-refractivity contribution in [1.29, 1.82) is 0 Å². The number of nitrogens with one attached hydrogen (secondary N) is 4. The average molecular weight is 819 g/mol. The second-order valence-corrected chi connectivity index (χ2v) is 17.3. The predicted molar refractivity (Wildman–Crippen MR) is 227 cm³/mol. The summed E-state index contributed by atoms with van der Waals surface area (Å²) < 4.78 is 9.55. The molecule has 2 aromatic carbocycles. The smallest absolute Gasteiger partial charge is 0.407 e. The molecule has 0 radical (unpaired) electrons. The molecule has 14 heteroatoms. The molecule has 4 heterocycles. The highest BCUT2D eigenvalue weighted by Gasteiger charge is 2.39. The number of amides is 4. The molecule has 9 rings (SSSR count). The Kier molecular flexibility index (Phi) is 12.0. The Bertz CT molecular complexity index is 2210. The fourth-order valence-corrected chi connectivity index (χ4v) is 10.2. The Balaban J connectivity index is 1.04. The lowest BCUT2D eigenvalue weighted by Gasteiger charge is -2.41. The van der Waals surface area contributed by atoms with Crippen molar-refractivity contribution in [3.05, 3.63) is 71.6 Å². The summed E-state index contributed by atoms with van der Waals surface area (Å²) in [6.45, 7) is 6.74. The SMILES string of the molecule is COC(=O)N[C@@H](C)C(=O)N1CCCC[C@H]1c1ncc(-c2ccc(-c3ccc(-c4cnc([C@@H]5CCCCN5C(=O)[C@@H](NC(=O)OC)C(C)C)[nH]4)cc3)c3c2C2CCC3CC2)[nH]1. The lowest BCUT2D eigenvalue weighted by molar-refractivity contribution is -0.138. The summed E-state index contributed by atoms with van der Waals surface area (Å²) in [4.78, 5) is 71.9. The zero-order chi connectivity index (χ0) is 42.1. The molecule has 2 aromatic heterocycles. The van der Waals surface area contributed by atoms with Gasteiger partial charge in [0.05, 0.1) is 50.1 Å². The molecule has 2 bridgehead atoms. The Morgan fingerprint density at radius 1 is 0.633 bits per heavy atom. The molecule has 5 aliphatic rings. The molecule has 2 aliphatic heterocycles. The Morgan fingerprint density at radius 3 is 1.72 bits per heavy atom. The van der Waals surface area contributed by atoms with Crippen LogP contribution < -0.4 is 10.6 Å². The van der Waals surface area contributed by atoms with Gasteiger partial charge in [-0.1, -0.05) is 50.2 Å². The number of hydrogen-bond acceptors (Lipinski definition) is 8. The molecule has 2 saturated heterocycles. The number of aromatic amines is 2. The van der Waals surface area contributed by atoms with E-state index in [1.807, 2.05) is 36.0 Å². The van der Waals surface area contributed by atoms with Gasteiger partial charge in [0, 0.05) is 18.7 Å². The van der Waals surface area contributed by atoms with Crippen LogP contribution in [0.3, 0.4) is 0 Å². The number of methoxy groups -OCH3 is 2. The van der Waals surface area contributed by atoms with E-state index in [-0.39, 0.29) is 29.8 Å². The van der Waals surface area contributed by atoms with Crippen molar-refractivity contribution in [3.63, 3.8) is 0 Å². The van der Waals surface area contributed by atoms with E-state index in [9.17, 15) is 19.2 Å². The third-order valence-corrected chi connectivity index (χ3v) is 13.3. The van der Waals surface area contributed by atoms with Crippen LogP contribution in [-0.2, 0) is 19.1 Å². The summed E-state index contributed by atoms with van der Waals surface area (Å²) in [6, 6.07) is 11.4. The van der Waals surface area contributed by atoms with Gasteiger partial charge in [-0.3, -0.25) is 9.59 Å². The van der Waals surface area contributed by atoms with Gasteiger partial charge in [0.25, 0.3) is 0 Å². The number of hydrogen-bond donors (Lipinski definition) is 4. The molecular weight excluding hydrogens is 761 g/mol. The summed E-state index contributed by atoms with van der Waals surface area (Å²) >= 11 is 0. The number of nitrogens with zero attached hydrogens (tertiary/aromatic N) is 4. The Labute approximate surface area is 351 Å². The second-order valence-electron chi connectivity index (χ2n) is 17.3. The summed E-state index contributed by atoms with van der Waals surface area (Å²) in [7, 11) is 2.60. The molecule has 0 unspecified atom stereocenters. The molecule has 14 nitrogen and oxygen atoms in total. The number of imidazole rings is 2. The van der Waals surface area contributed by atoms with Crippen LogP contribution in [0, 0.1) is 5.92 Å². The molecule has 4 amide bonds. The number of H-pyrrole nitrogens is 2. The molecule has 3 aliphatic carbocycles. The van der Waals surface area contributed by atoms with E-state index in [1.165, 1.54) is 67.7 Å². The number of carbonyl (C=O) groups excluding carboxylic acids is 4. The van der Waals surface area contributed by atoms with Crippen LogP contribution in [0.2, 0.25) is 0 Å². The van der Waals surface area contributed by atoms with Gasteiger partial charge in [-0.25, -0.2) is 19.6 Å². The molecule has 318 valence electrons. The van der Waals surface area contributed by atoms with Crippen LogP contribution in [0.4, 0.5) is 9.59 Å². The number of fused-ring (bicyclic) bond motifs is 2. The van der Waals surface area contributed by atoms with E-state index in [0.29, 0.717) is 24.9 Å². The molecule has 60 heavy (non-hydrogen) atoms. The van der Waals surface area contributed by atoms with Crippen LogP contribution in [-0.4, -0.2) is 93.1 Å². The quantitative estimate of drug-likeness (QED) is 0.124. The maximum Gasteiger partial charge on any atom is 0.407 e. The predicted octanol–water partition coefficient (Wildman–Crippen LogP) is 8.12. The zero-order valence-electron chi connectivity index (χ0n) is 35.4. The number of aromatic nitrogens is 4. The van der Waals surface area contributed by atoms with Gasteiger partial charge in [-0.05, 0) is 117 Å². The van der Waals surface area contributed by atoms with Crippen molar-refractivity contribution >= 4 is 24.0 Å². The fourth-order valence-electron chi connectivity index (χ4n) is 10.2. The number of alkyl carbamates (subject to hydrolysis) is 2. The minimum absolute atomic E-state index is 0.106. The lowest BCUT2D eigenvalue weighted by Crippen LogP contribution is -2.53. The van der Waals surface area contributed by atoms with Gasteiger partial charge in [0.15, 0.2) is 0 Å². The van der Waals surface area contributed by atoms with Crippen molar-refractivity contribution in [1.82, 2.24) is 40.4 Å². The number of rotatable bonds is 10. The van der Waals surface area contributed by atoms with Crippen LogP contribution in [0.25, 0.3) is 33.6 Å². The van der Waals surface area contributed by atoms with E-state index in [1.54, 1.807) is 6.92 Å². The summed E-state index contributed by atoms with van der Waals surface area (Å²) in [5.41, 5.74) is 9.38. The first-order valence-electron chi connectivity index (χ1n) is 21.7. The first kappa shape index (κ1) is 41.1. The third-order valence-electron chi connectivity index (χ3n) is 13.3. The molecular formula is C46H58N8O6. The van der Waals surface area contributed by atoms with Gasteiger partial charge in [0.2, 0.25) is 11.8 Å². The lowest BCUT2D eigenvalue weighted by atomic mass is 9.64. The number of likely N-dealkylation sites (tertiary alicyclic amines) is 2. The van der Waals surface area contributed by atoms with E-state index < -0.39 is 24.3 Å². The number of carbonyl (C=O) groups is 4. The molecule has 4 atom stereocenters. The first-order chi connectivity index (χ1) is 29.1. The Morgan fingerprint density at radius 2 is 1.13 bits per heavy atom. The molecule has 1 saturated carbocycles. The zero-order valence-corrected chi connectivity index (χ0v) is 35.4. The number of ether oxygens (including phenoxy) is 2. The van der Waals surface area contributed by atoms with E-state index in [0.717, 1.165) is 67.1 Å². The summed E-state index contributed by atoms with van der Waals surface area (Å²) in [5.74, 6) is 2.12. The van der Waals surface area contributed by atoms with Gasteiger partial charge < -0.3 is 39.9 Å². The van der Waals surface area contributed by atoms with Gasteiger partial charge >= 0.3 is 12.2 Å². The molecule has 4 N–H and O–H groups in total. The highest BCUT2D eigenvalue weighted by molar-refractivity contribution is 5.87. The van der Waals surface area contributed by atoms with Gasteiger partial charge in [0.1, 0.15) is 23.7 Å². The normalized spacial score (nSPS) is 22.2. The monoisotopic (exact) mass is 818 g/mol. The van der Waals surface area contributed by atoms with Gasteiger partial charge in [-0.15, -0.1) is 0 Å². The van der Waals surface area contributed by atoms with Crippen LogP contribution in [0.1, 0.15) is 132 Å². The van der Waals surface area contributed by atoms with Gasteiger partial charge in [-0.2, -0.15) is 0 Å². The van der Waals surface area contributed by atoms with E-state index >= 15 is 0 Å². The third kappa shape index (κ3) is 8.00. The largest absolute Gasteiger partial charge is 0.453 e. The van der Waals surface area contributed by atoms with Crippen molar-refractivity contribution < 1.29 is 28.7 Å². The van der Waals surface area contributed by atoms with E-state index in [2.05, 4.69) is 57.0 Å². The maximum absolute atomic E-state index is 13.8. The Hall–Kier alpha value is -5.66. The maximum atomic E-state index is 13.8. The van der Waals surface area contributed by atoms with Crippen molar-refractivity contribution in [2.75, 3.05) is 27.3 Å². The first-order valence-corrected chi connectivity index (χ1v) is 21.7. The topological polar surface area (TPSA) is 175 Å². The fraction of sp³-hybridized carbons (Fsp3) is 0.522. The average Bonchev–Trinajstić information content (AvgIpc) is 3.99. The standard InChI is InChI=1S/C46H58N8O6/c1-26(2)40(52-46(58)60-5)44(56)54-23-9-7-11-37(54)41-47-24-34(50-41)29-14-12-28(13-15-29)32-20-21-33(39-31-18-16-30(17-19-31)38(32)39)35-25-48-42(51-35)36-10-6-8-22-53(36)43(55)27(3)49-45(57)59-4/h12-15,20-21,24-27,30-31,36-37,40H,6-11,16-19,22-23H2,1-5H3,(H,47,50)(H,48,51)(H,49,57)(H,52,58)/t27-,30?,31?,36-,37-,40-/m0/s1. The van der Waals surface area contributed by atoms with E-state index in [4.69, 9.17) is 19.4 Å².